The third-order valence-corrected chi connectivity index (χ3v) is 4.58. The van der Waals surface area contributed by atoms with Gasteiger partial charge in [-0.05, 0) is 26.8 Å². The highest BCUT2D eigenvalue weighted by Crippen LogP contribution is 2.26. The van der Waals surface area contributed by atoms with Crippen molar-refractivity contribution in [1.29, 1.82) is 0 Å². The van der Waals surface area contributed by atoms with Gasteiger partial charge in [-0.3, -0.25) is 4.98 Å². The lowest BCUT2D eigenvalue weighted by atomic mass is 10.1. The van der Waals surface area contributed by atoms with Crippen molar-refractivity contribution in [2.45, 2.75) is 31.2 Å². The number of aromatic nitrogens is 2. The molecule has 122 valence electrons. The largest absolute Gasteiger partial charge is 0.476 e. The number of aromatic carboxylic acids is 1. The molecule has 0 aliphatic rings. The Kier molecular flexibility index (Phi) is 4.49. The van der Waals surface area contributed by atoms with Gasteiger partial charge in [0.25, 0.3) is 0 Å². The summed E-state index contributed by atoms with van der Waals surface area (Å²) < 4.78 is 27.7. The van der Waals surface area contributed by atoms with Gasteiger partial charge >= 0.3 is 5.97 Å². The molecule has 2 aromatic rings. The van der Waals surface area contributed by atoms with E-state index in [2.05, 4.69) is 14.7 Å². The fraction of sp³-hybridized carbons (Fsp3) is 0.267. The van der Waals surface area contributed by atoms with Crippen molar-refractivity contribution in [1.82, 2.24) is 14.7 Å². The van der Waals surface area contributed by atoms with Crippen molar-refractivity contribution < 1.29 is 18.3 Å². The van der Waals surface area contributed by atoms with E-state index in [0.29, 0.717) is 5.56 Å². The van der Waals surface area contributed by atoms with Crippen LogP contribution in [-0.2, 0) is 10.0 Å². The summed E-state index contributed by atoms with van der Waals surface area (Å²) in [5, 5.41) is 8.85. The van der Waals surface area contributed by atoms with Crippen LogP contribution in [0, 0.1) is 0 Å². The number of benzene rings is 1. The highest BCUT2D eigenvalue weighted by molar-refractivity contribution is 7.89. The van der Waals surface area contributed by atoms with Crippen molar-refractivity contribution in [2.24, 2.45) is 0 Å². The Morgan fingerprint density at radius 2 is 1.78 bits per heavy atom. The number of sulfonamides is 1. The van der Waals surface area contributed by atoms with Crippen LogP contribution < -0.4 is 4.72 Å². The van der Waals surface area contributed by atoms with Gasteiger partial charge in [0.05, 0.1) is 23.0 Å². The monoisotopic (exact) mass is 335 g/mol. The van der Waals surface area contributed by atoms with Crippen LogP contribution in [0.3, 0.4) is 0 Å². The molecule has 2 N–H and O–H groups in total. The number of rotatable bonds is 4. The van der Waals surface area contributed by atoms with Gasteiger partial charge in [0, 0.05) is 11.1 Å². The molecule has 1 aromatic carbocycles. The smallest absolute Gasteiger partial charge is 0.356 e. The summed E-state index contributed by atoms with van der Waals surface area (Å²) >= 11 is 0. The van der Waals surface area contributed by atoms with Gasteiger partial charge in [0.1, 0.15) is 0 Å². The molecule has 0 bridgehead atoms. The summed E-state index contributed by atoms with van der Waals surface area (Å²) in [6.07, 6.45) is 2.34. The van der Waals surface area contributed by atoms with Gasteiger partial charge in [-0.2, -0.15) is 0 Å². The molecular weight excluding hydrogens is 318 g/mol. The Labute approximate surface area is 134 Å². The zero-order chi connectivity index (χ0) is 17.3. The number of hydrogen-bond acceptors (Lipinski definition) is 5. The molecule has 0 radical (unpaired) electrons. The summed E-state index contributed by atoms with van der Waals surface area (Å²) in [4.78, 5) is 18.7. The number of nitrogens with one attached hydrogen (secondary N) is 1. The summed E-state index contributed by atoms with van der Waals surface area (Å²) in [5.74, 6) is -1.20. The number of carbonyl (C=O) groups is 1. The zero-order valence-corrected chi connectivity index (χ0v) is 13.8. The molecule has 0 amide bonds. The average molecular weight is 335 g/mol. The molecule has 0 aliphatic heterocycles. The predicted molar refractivity (Wildman–Crippen MR) is 84.5 cm³/mol. The van der Waals surface area contributed by atoms with Crippen molar-refractivity contribution >= 4 is 16.0 Å². The van der Waals surface area contributed by atoms with Crippen molar-refractivity contribution in [3.8, 4) is 11.3 Å². The van der Waals surface area contributed by atoms with Crippen LogP contribution in [-0.4, -0.2) is 35.0 Å². The SMILES string of the molecule is CC(C)(C)NS(=O)(=O)c1ccccc1-c1cnc(C(=O)O)cn1. The highest BCUT2D eigenvalue weighted by Gasteiger charge is 2.25. The second-order valence-electron chi connectivity index (χ2n) is 5.94. The van der Waals surface area contributed by atoms with Gasteiger partial charge in [-0.1, -0.05) is 18.2 Å². The molecule has 23 heavy (non-hydrogen) atoms. The Morgan fingerprint density at radius 1 is 1.13 bits per heavy atom. The minimum atomic E-state index is -3.76. The van der Waals surface area contributed by atoms with E-state index in [0.717, 1.165) is 6.20 Å². The minimum Gasteiger partial charge on any atom is -0.476 e. The van der Waals surface area contributed by atoms with Gasteiger partial charge in [0.15, 0.2) is 5.69 Å². The van der Waals surface area contributed by atoms with E-state index in [1.807, 2.05) is 0 Å². The predicted octanol–water partition coefficient (Wildman–Crippen LogP) is 1.92. The molecule has 8 heteroatoms. The first kappa shape index (κ1) is 17.0. The molecular formula is C15H17N3O4S. The van der Waals surface area contributed by atoms with E-state index in [1.165, 1.54) is 12.3 Å². The number of carboxylic acid groups (broad SMARTS) is 1. The minimum absolute atomic E-state index is 0.0623. The third kappa shape index (κ3) is 4.11. The second kappa shape index (κ2) is 6.05. The van der Waals surface area contributed by atoms with Crippen LogP contribution in [0.4, 0.5) is 0 Å². The van der Waals surface area contributed by atoms with Crippen LogP contribution in [0.2, 0.25) is 0 Å². The van der Waals surface area contributed by atoms with Crippen LogP contribution in [0.15, 0.2) is 41.6 Å². The van der Waals surface area contributed by atoms with Crippen molar-refractivity contribution in [3.05, 3.63) is 42.4 Å². The van der Waals surface area contributed by atoms with E-state index in [9.17, 15) is 13.2 Å². The lowest BCUT2D eigenvalue weighted by Gasteiger charge is -2.21. The summed E-state index contributed by atoms with van der Waals surface area (Å²) in [6, 6.07) is 6.36. The first-order chi connectivity index (χ1) is 10.6. The molecule has 1 aromatic heterocycles. The second-order valence-corrected chi connectivity index (χ2v) is 7.59. The van der Waals surface area contributed by atoms with E-state index in [4.69, 9.17) is 5.11 Å². The Bertz CT molecular complexity index is 825. The maximum atomic E-state index is 12.6. The average Bonchev–Trinajstić information content (AvgIpc) is 2.45. The van der Waals surface area contributed by atoms with Crippen LogP contribution in [0.1, 0.15) is 31.3 Å². The molecule has 0 atom stereocenters. The molecule has 0 saturated heterocycles. The van der Waals surface area contributed by atoms with Gasteiger partial charge in [0.2, 0.25) is 10.0 Å². The van der Waals surface area contributed by atoms with Crippen molar-refractivity contribution in [2.75, 3.05) is 0 Å². The number of nitrogens with zero attached hydrogens (tertiary/aromatic N) is 2. The molecule has 0 saturated carbocycles. The molecule has 0 fully saturated rings. The molecule has 0 spiro atoms. The number of carboxylic acids is 1. The standard InChI is InChI=1S/C15H17N3O4S/c1-15(2,3)18-23(21,22)13-7-5-4-6-10(13)11-8-17-12(9-16-11)14(19)20/h4-9,18H,1-3H3,(H,19,20). The molecule has 0 unspecified atom stereocenters. The normalized spacial score (nSPS) is 12.1. The number of hydrogen-bond donors (Lipinski definition) is 2. The van der Waals surface area contributed by atoms with Crippen LogP contribution in [0.25, 0.3) is 11.3 Å². The Morgan fingerprint density at radius 3 is 2.30 bits per heavy atom. The van der Waals surface area contributed by atoms with E-state index < -0.39 is 21.5 Å². The van der Waals surface area contributed by atoms with Gasteiger partial charge in [-0.25, -0.2) is 22.9 Å². The summed E-state index contributed by atoms with van der Waals surface area (Å²) in [6.45, 7) is 5.23. The molecule has 1 heterocycles. The maximum absolute atomic E-state index is 12.6. The highest BCUT2D eigenvalue weighted by atomic mass is 32.2. The van der Waals surface area contributed by atoms with E-state index in [-0.39, 0.29) is 16.3 Å². The Hall–Kier alpha value is -2.32. The first-order valence-corrected chi connectivity index (χ1v) is 8.27. The van der Waals surface area contributed by atoms with Gasteiger partial charge < -0.3 is 5.11 Å². The molecule has 0 aliphatic carbocycles. The fourth-order valence-electron chi connectivity index (χ4n) is 1.95. The third-order valence-electron chi connectivity index (χ3n) is 2.76. The topological polar surface area (TPSA) is 109 Å². The zero-order valence-electron chi connectivity index (χ0n) is 12.9. The molecule has 7 nitrogen and oxygen atoms in total. The molecule has 2 rings (SSSR count). The van der Waals surface area contributed by atoms with Crippen LogP contribution in [0.5, 0.6) is 0 Å². The van der Waals surface area contributed by atoms with Gasteiger partial charge in [-0.15, -0.1) is 0 Å². The first-order valence-electron chi connectivity index (χ1n) is 6.79. The lowest BCUT2D eigenvalue weighted by Crippen LogP contribution is -2.40. The van der Waals surface area contributed by atoms with Crippen LogP contribution >= 0.6 is 0 Å². The van der Waals surface area contributed by atoms with Crippen molar-refractivity contribution in [3.63, 3.8) is 0 Å². The fourth-order valence-corrected chi connectivity index (χ4v) is 3.58. The summed E-state index contributed by atoms with van der Waals surface area (Å²) in [5.41, 5.74) is -0.203. The Balaban J connectivity index is 2.51. The summed E-state index contributed by atoms with van der Waals surface area (Å²) in [7, 11) is -3.76. The maximum Gasteiger partial charge on any atom is 0.356 e. The quantitative estimate of drug-likeness (QED) is 0.883. The van der Waals surface area contributed by atoms with E-state index in [1.54, 1.807) is 39.0 Å². The lowest BCUT2D eigenvalue weighted by molar-refractivity contribution is 0.0690. The van der Waals surface area contributed by atoms with E-state index >= 15 is 0 Å².